The predicted molar refractivity (Wildman–Crippen MR) is 103 cm³/mol. The molecule has 7 heteroatoms. The molecule has 1 aromatic heterocycles. The highest BCUT2D eigenvalue weighted by atomic mass is 32.1. The Kier molecular flexibility index (Phi) is 5.68. The van der Waals surface area contributed by atoms with Gasteiger partial charge in [-0.1, -0.05) is 36.4 Å². The number of rotatable bonds is 5. The average molecular weight is 370 g/mol. The van der Waals surface area contributed by atoms with Gasteiger partial charge in [-0.2, -0.15) is 5.10 Å². The van der Waals surface area contributed by atoms with Gasteiger partial charge in [0.1, 0.15) is 6.54 Å². The molecule has 0 saturated heterocycles. The van der Waals surface area contributed by atoms with Gasteiger partial charge in [-0.15, -0.1) is 11.3 Å². The topological polar surface area (TPSA) is 65.0 Å². The first-order valence-corrected chi connectivity index (χ1v) is 9.45. The molecule has 1 aromatic carbocycles. The number of urea groups is 1. The van der Waals surface area contributed by atoms with Crippen LogP contribution in [0.5, 0.6) is 0 Å². The molecule has 1 unspecified atom stereocenters. The highest BCUT2D eigenvalue weighted by Gasteiger charge is 2.34. The maximum atomic E-state index is 12.9. The zero-order valence-electron chi connectivity index (χ0n) is 14.9. The monoisotopic (exact) mass is 370 g/mol. The minimum absolute atomic E-state index is 0.0175. The van der Waals surface area contributed by atoms with E-state index in [-0.39, 0.29) is 24.5 Å². The average Bonchev–Trinajstić information content (AvgIpc) is 3.32. The van der Waals surface area contributed by atoms with E-state index in [4.69, 9.17) is 0 Å². The van der Waals surface area contributed by atoms with E-state index >= 15 is 0 Å². The van der Waals surface area contributed by atoms with Crippen LogP contribution in [0.1, 0.15) is 29.8 Å². The number of carbonyl (C=O) groups excluding carboxylic acids is 2. The Morgan fingerprint density at radius 3 is 2.69 bits per heavy atom. The third-order valence-corrected chi connectivity index (χ3v) is 5.12. The number of amides is 3. The van der Waals surface area contributed by atoms with Gasteiger partial charge in [-0.25, -0.2) is 9.80 Å². The third kappa shape index (κ3) is 3.94. The zero-order chi connectivity index (χ0) is 18.5. The number of hydrogen-bond donors (Lipinski definition) is 1. The lowest BCUT2D eigenvalue weighted by atomic mass is 10.0. The van der Waals surface area contributed by atoms with E-state index in [2.05, 4.69) is 10.4 Å². The fraction of sp³-hybridized carbons (Fsp3) is 0.316. The van der Waals surface area contributed by atoms with Crippen molar-refractivity contribution in [1.82, 2.24) is 15.2 Å². The minimum Gasteiger partial charge on any atom is -0.338 e. The van der Waals surface area contributed by atoms with Crippen LogP contribution >= 0.6 is 11.3 Å². The molecule has 26 heavy (non-hydrogen) atoms. The molecular formula is C19H22N4O2S. The number of carbonyl (C=O) groups is 2. The van der Waals surface area contributed by atoms with E-state index in [1.165, 1.54) is 9.91 Å². The van der Waals surface area contributed by atoms with E-state index < -0.39 is 0 Å². The number of benzene rings is 1. The second-order valence-corrected chi connectivity index (χ2v) is 7.03. The normalized spacial score (nSPS) is 16.3. The van der Waals surface area contributed by atoms with E-state index in [9.17, 15) is 9.59 Å². The van der Waals surface area contributed by atoms with Crippen molar-refractivity contribution in [2.75, 3.05) is 20.1 Å². The fourth-order valence-electron chi connectivity index (χ4n) is 2.90. The number of likely N-dealkylation sites (N-methyl/N-ethyl adjacent to an activating group) is 1. The van der Waals surface area contributed by atoms with Crippen molar-refractivity contribution in [2.45, 2.75) is 19.4 Å². The van der Waals surface area contributed by atoms with Crippen LogP contribution < -0.4 is 5.32 Å². The summed E-state index contributed by atoms with van der Waals surface area (Å²) in [5, 5.41) is 10.8. The number of nitrogens with one attached hydrogen (secondary N) is 1. The van der Waals surface area contributed by atoms with Crippen LogP contribution in [0.2, 0.25) is 0 Å². The van der Waals surface area contributed by atoms with Gasteiger partial charge in [-0.05, 0) is 23.9 Å². The summed E-state index contributed by atoms with van der Waals surface area (Å²) in [4.78, 5) is 27.2. The Morgan fingerprint density at radius 2 is 2.04 bits per heavy atom. The molecule has 1 aliphatic rings. The van der Waals surface area contributed by atoms with Crippen LogP contribution in [0.25, 0.3) is 0 Å². The first-order chi connectivity index (χ1) is 12.6. The third-order valence-electron chi connectivity index (χ3n) is 4.20. The minimum atomic E-state index is -0.265. The van der Waals surface area contributed by atoms with Crippen LogP contribution in [0, 0.1) is 0 Å². The molecule has 3 amide bonds. The summed E-state index contributed by atoms with van der Waals surface area (Å²) in [6, 6.07) is 13.5. The Balaban J connectivity index is 1.82. The molecule has 1 atom stereocenters. The highest BCUT2D eigenvalue weighted by molar-refractivity contribution is 7.12. The van der Waals surface area contributed by atoms with Gasteiger partial charge in [0.15, 0.2) is 0 Å². The van der Waals surface area contributed by atoms with E-state index in [1.54, 1.807) is 18.4 Å². The molecule has 0 aliphatic carbocycles. The molecule has 3 rings (SSSR count). The predicted octanol–water partition coefficient (Wildman–Crippen LogP) is 3.09. The summed E-state index contributed by atoms with van der Waals surface area (Å²) in [6.07, 6.45) is 0.668. The summed E-state index contributed by atoms with van der Waals surface area (Å²) in [6.45, 7) is 2.35. The van der Waals surface area contributed by atoms with Crippen LogP contribution in [-0.2, 0) is 4.79 Å². The molecule has 136 valence electrons. The molecule has 2 heterocycles. The van der Waals surface area contributed by atoms with Crippen molar-refractivity contribution in [3.05, 3.63) is 58.3 Å². The van der Waals surface area contributed by atoms with Crippen molar-refractivity contribution in [2.24, 2.45) is 5.10 Å². The van der Waals surface area contributed by atoms with Gasteiger partial charge in [0.05, 0.1) is 16.6 Å². The summed E-state index contributed by atoms with van der Waals surface area (Å²) in [5.74, 6) is -0.195. The summed E-state index contributed by atoms with van der Waals surface area (Å²) < 4.78 is 0. The Hall–Kier alpha value is -2.67. The van der Waals surface area contributed by atoms with Crippen molar-refractivity contribution in [3.63, 3.8) is 0 Å². The molecule has 0 bridgehead atoms. The maximum absolute atomic E-state index is 12.9. The highest BCUT2D eigenvalue weighted by Crippen LogP contribution is 2.33. The second kappa shape index (κ2) is 8.14. The molecule has 0 spiro atoms. The first-order valence-electron chi connectivity index (χ1n) is 8.57. The van der Waals surface area contributed by atoms with E-state index in [0.717, 1.165) is 16.2 Å². The smallest absolute Gasteiger partial charge is 0.317 e. The van der Waals surface area contributed by atoms with Gasteiger partial charge in [0.2, 0.25) is 0 Å². The maximum Gasteiger partial charge on any atom is 0.317 e. The summed E-state index contributed by atoms with van der Waals surface area (Å²) >= 11 is 1.61. The molecule has 1 N–H and O–H groups in total. The van der Waals surface area contributed by atoms with Gasteiger partial charge in [0, 0.05) is 20.0 Å². The van der Waals surface area contributed by atoms with E-state index in [0.29, 0.717) is 13.0 Å². The molecule has 2 aromatic rings. The van der Waals surface area contributed by atoms with Gasteiger partial charge < -0.3 is 10.2 Å². The van der Waals surface area contributed by atoms with Crippen molar-refractivity contribution in [3.8, 4) is 0 Å². The number of nitrogens with zero attached hydrogens (tertiary/aromatic N) is 3. The van der Waals surface area contributed by atoms with Crippen molar-refractivity contribution in [1.29, 1.82) is 0 Å². The largest absolute Gasteiger partial charge is 0.338 e. The second-order valence-electron chi connectivity index (χ2n) is 6.08. The fourth-order valence-corrected chi connectivity index (χ4v) is 3.62. The molecule has 6 nitrogen and oxygen atoms in total. The standard InChI is InChI=1S/C19H22N4O2S/c1-3-20-19(25)22(2)13-18(24)23-16(14-8-5-4-6-9-14)12-15(21-23)17-10-7-11-26-17/h4-11,16H,3,12-13H2,1-2H3,(H,20,25). The summed E-state index contributed by atoms with van der Waals surface area (Å²) in [5.41, 5.74) is 1.94. The van der Waals surface area contributed by atoms with E-state index in [1.807, 2.05) is 54.8 Å². The Labute approximate surface area is 157 Å². The Bertz CT molecular complexity index is 789. The Morgan fingerprint density at radius 1 is 1.27 bits per heavy atom. The van der Waals surface area contributed by atoms with Crippen molar-refractivity contribution < 1.29 is 9.59 Å². The molecule has 0 saturated carbocycles. The van der Waals surface area contributed by atoms with Gasteiger partial charge in [0.25, 0.3) is 5.91 Å². The number of thiophene rings is 1. The lowest BCUT2D eigenvalue weighted by molar-refractivity contribution is -0.133. The number of hydrogen-bond acceptors (Lipinski definition) is 4. The van der Waals surface area contributed by atoms with Gasteiger partial charge in [-0.3, -0.25) is 4.79 Å². The number of hydrazone groups is 1. The van der Waals surface area contributed by atoms with Crippen LogP contribution in [0.3, 0.4) is 0 Å². The molecule has 1 aliphatic heterocycles. The first kappa shape index (κ1) is 18.1. The molecule has 0 fully saturated rings. The lowest BCUT2D eigenvalue weighted by Gasteiger charge is -2.24. The summed E-state index contributed by atoms with van der Waals surface area (Å²) in [7, 11) is 1.61. The van der Waals surface area contributed by atoms with Crippen LogP contribution in [0.15, 0.2) is 52.9 Å². The lowest BCUT2D eigenvalue weighted by Crippen LogP contribution is -2.43. The quantitative estimate of drug-likeness (QED) is 0.879. The molecule has 0 radical (unpaired) electrons. The van der Waals surface area contributed by atoms with Crippen molar-refractivity contribution >= 4 is 29.0 Å². The SMILES string of the molecule is CCNC(=O)N(C)CC(=O)N1N=C(c2cccs2)CC1c1ccccc1. The van der Waals surface area contributed by atoms with Crippen LogP contribution in [0.4, 0.5) is 4.79 Å². The van der Waals surface area contributed by atoms with Crippen LogP contribution in [-0.4, -0.2) is 47.7 Å². The van der Waals surface area contributed by atoms with Gasteiger partial charge >= 0.3 is 6.03 Å². The zero-order valence-corrected chi connectivity index (χ0v) is 15.7. The molecular weight excluding hydrogens is 348 g/mol.